The Morgan fingerprint density at radius 3 is 2.63 bits per heavy atom. The number of ketones is 1. The number of primary amides is 1. The number of rotatable bonds is 8. The van der Waals surface area contributed by atoms with Gasteiger partial charge < -0.3 is 15.0 Å². The number of carbonyl (C=O) groups excluding carboxylic acids is 2. The summed E-state index contributed by atoms with van der Waals surface area (Å²) >= 11 is 0. The fourth-order valence-corrected chi connectivity index (χ4v) is 4.61. The monoisotopic (exact) mass is 370 g/mol. The van der Waals surface area contributed by atoms with Gasteiger partial charge in [-0.15, -0.1) is 0 Å². The SMILES string of the molecule is CCCCC(CCC)(C(N)=O)n1c2c(c3ccc(OC)cc31)C(=O)CCC2. The molecule has 0 aliphatic heterocycles. The number of unbranched alkanes of at least 4 members (excludes halogenated alkanes) is 1. The first-order valence-corrected chi connectivity index (χ1v) is 10.0. The van der Waals surface area contributed by atoms with Crippen molar-refractivity contribution in [1.29, 1.82) is 0 Å². The molecule has 1 aromatic heterocycles. The minimum Gasteiger partial charge on any atom is -0.497 e. The molecule has 1 amide bonds. The van der Waals surface area contributed by atoms with Crippen LogP contribution in [0.25, 0.3) is 10.9 Å². The Labute approximate surface area is 160 Å². The van der Waals surface area contributed by atoms with E-state index in [1.807, 2.05) is 18.2 Å². The number of ether oxygens (including phenoxy) is 1. The third-order valence-corrected chi connectivity index (χ3v) is 5.86. The van der Waals surface area contributed by atoms with Crippen molar-refractivity contribution in [2.24, 2.45) is 5.73 Å². The van der Waals surface area contributed by atoms with E-state index in [4.69, 9.17) is 10.5 Å². The van der Waals surface area contributed by atoms with Crippen LogP contribution >= 0.6 is 0 Å². The van der Waals surface area contributed by atoms with Gasteiger partial charge in [0.05, 0.1) is 12.6 Å². The van der Waals surface area contributed by atoms with Gasteiger partial charge in [-0.05, 0) is 37.8 Å². The number of nitrogens with two attached hydrogens (primary N) is 1. The van der Waals surface area contributed by atoms with Crippen molar-refractivity contribution in [2.75, 3.05) is 7.11 Å². The second-order valence-electron chi connectivity index (χ2n) is 7.57. The molecule has 0 saturated carbocycles. The topological polar surface area (TPSA) is 74.3 Å². The van der Waals surface area contributed by atoms with Gasteiger partial charge in [0, 0.05) is 29.1 Å². The van der Waals surface area contributed by atoms with Crippen molar-refractivity contribution in [3.8, 4) is 5.75 Å². The van der Waals surface area contributed by atoms with Gasteiger partial charge >= 0.3 is 0 Å². The van der Waals surface area contributed by atoms with Crippen LogP contribution in [0.4, 0.5) is 0 Å². The van der Waals surface area contributed by atoms with Crippen molar-refractivity contribution in [2.45, 2.75) is 70.8 Å². The maximum absolute atomic E-state index is 12.9. The molecule has 3 rings (SSSR count). The zero-order valence-electron chi connectivity index (χ0n) is 16.6. The molecule has 0 spiro atoms. The Morgan fingerprint density at radius 1 is 1.22 bits per heavy atom. The van der Waals surface area contributed by atoms with Crippen LogP contribution < -0.4 is 10.5 Å². The van der Waals surface area contributed by atoms with Crippen LogP contribution in [0.5, 0.6) is 5.75 Å². The molecule has 146 valence electrons. The Kier molecular flexibility index (Phi) is 5.59. The number of fused-ring (bicyclic) bond motifs is 3. The summed E-state index contributed by atoms with van der Waals surface area (Å²) in [4.78, 5) is 25.6. The van der Waals surface area contributed by atoms with E-state index in [1.165, 1.54) is 0 Å². The molecular weight excluding hydrogens is 340 g/mol. The highest BCUT2D eigenvalue weighted by Gasteiger charge is 2.41. The van der Waals surface area contributed by atoms with Gasteiger partial charge in [-0.1, -0.05) is 33.1 Å². The number of carbonyl (C=O) groups is 2. The van der Waals surface area contributed by atoms with E-state index < -0.39 is 5.54 Å². The zero-order valence-corrected chi connectivity index (χ0v) is 16.6. The largest absolute Gasteiger partial charge is 0.497 e. The lowest BCUT2D eigenvalue weighted by Crippen LogP contribution is -2.47. The predicted octanol–water partition coefficient (Wildman–Crippen LogP) is 4.34. The Balaban J connectivity index is 2.39. The number of nitrogens with zero attached hydrogens (tertiary/aromatic N) is 1. The van der Waals surface area contributed by atoms with Crippen LogP contribution in [0.2, 0.25) is 0 Å². The van der Waals surface area contributed by atoms with Crippen molar-refractivity contribution < 1.29 is 14.3 Å². The number of benzene rings is 1. The van der Waals surface area contributed by atoms with Crippen LogP contribution in [0.3, 0.4) is 0 Å². The first-order chi connectivity index (χ1) is 13.0. The third kappa shape index (κ3) is 3.13. The Morgan fingerprint density at radius 2 is 2.00 bits per heavy atom. The molecule has 2 aromatic rings. The van der Waals surface area contributed by atoms with Crippen molar-refractivity contribution in [3.05, 3.63) is 29.5 Å². The standard InChI is InChI=1S/C22H30N2O3/c1-4-6-13-22(12-5-2,21(23)26)24-17-8-7-9-19(25)20(17)16-11-10-15(27-3)14-18(16)24/h10-11,14H,4-9,12-13H2,1-3H3,(H2,23,26). The molecule has 2 N–H and O–H groups in total. The lowest BCUT2D eigenvalue weighted by molar-refractivity contribution is -0.127. The van der Waals surface area contributed by atoms with E-state index in [0.717, 1.165) is 60.0 Å². The molecule has 5 heteroatoms. The van der Waals surface area contributed by atoms with E-state index >= 15 is 0 Å². The van der Waals surface area contributed by atoms with Crippen LogP contribution in [-0.2, 0) is 16.8 Å². The van der Waals surface area contributed by atoms with Gasteiger partial charge in [-0.25, -0.2) is 0 Å². The summed E-state index contributed by atoms with van der Waals surface area (Å²) in [5, 5.41) is 0.911. The van der Waals surface area contributed by atoms with Crippen LogP contribution in [0, 0.1) is 0 Å². The van der Waals surface area contributed by atoms with Gasteiger partial charge in [0.15, 0.2) is 5.78 Å². The Bertz CT molecular complexity index is 868. The smallest absolute Gasteiger partial charge is 0.243 e. The molecule has 0 saturated heterocycles. The van der Waals surface area contributed by atoms with Crippen LogP contribution in [0.1, 0.15) is 74.8 Å². The van der Waals surface area contributed by atoms with Gasteiger partial charge in [0.1, 0.15) is 11.3 Å². The van der Waals surface area contributed by atoms with Crippen molar-refractivity contribution in [1.82, 2.24) is 4.57 Å². The van der Waals surface area contributed by atoms with E-state index in [0.29, 0.717) is 19.3 Å². The highest BCUT2D eigenvalue weighted by Crippen LogP contribution is 2.41. The summed E-state index contributed by atoms with van der Waals surface area (Å²) in [7, 11) is 1.63. The van der Waals surface area contributed by atoms with Crippen LogP contribution in [-0.4, -0.2) is 23.4 Å². The van der Waals surface area contributed by atoms with Gasteiger partial charge in [-0.2, -0.15) is 0 Å². The molecule has 1 atom stereocenters. The van der Waals surface area contributed by atoms with Gasteiger partial charge in [-0.3, -0.25) is 9.59 Å². The number of aromatic nitrogens is 1. The number of amides is 1. The summed E-state index contributed by atoms with van der Waals surface area (Å²) in [5.41, 5.74) is 7.87. The highest BCUT2D eigenvalue weighted by molar-refractivity contribution is 6.11. The van der Waals surface area contributed by atoms with Crippen LogP contribution in [0.15, 0.2) is 18.2 Å². The maximum Gasteiger partial charge on any atom is 0.243 e. The molecule has 5 nitrogen and oxygen atoms in total. The summed E-state index contributed by atoms with van der Waals surface area (Å²) in [6.45, 7) is 4.20. The fourth-order valence-electron chi connectivity index (χ4n) is 4.61. The summed E-state index contributed by atoms with van der Waals surface area (Å²) in [6, 6.07) is 5.77. The quantitative estimate of drug-likeness (QED) is 0.751. The minimum absolute atomic E-state index is 0.163. The minimum atomic E-state index is -0.805. The zero-order chi connectivity index (χ0) is 19.6. The third-order valence-electron chi connectivity index (χ3n) is 5.86. The molecular formula is C22H30N2O3. The first kappa shape index (κ1) is 19.5. The Hall–Kier alpha value is -2.30. The average molecular weight is 370 g/mol. The van der Waals surface area contributed by atoms with E-state index in [-0.39, 0.29) is 11.7 Å². The van der Waals surface area contributed by atoms with E-state index in [9.17, 15) is 9.59 Å². The molecule has 1 aliphatic carbocycles. The lowest BCUT2D eigenvalue weighted by Gasteiger charge is -2.35. The number of hydrogen-bond acceptors (Lipinski definition) is 3. The fraction of sp³-hybridized carbons (Fsp3) is 0.545. The molecule has 1 aliphatic rings. The molecule has 1 unspecified atom stereocenters. The van der Waals surface area contributed by atoms with Gasteiger partial charge in [0.2, 0.25) is 5.91 Å². The summed E-state index contributed by atoms with van der Waals surface area (Å²) in [6.07, 6.45) is 6.27. The van der Waals surface area contributed by atoms with E-state index in [1.54, 1.807) is 7.11 Å². The number of methoxy groups -OCH3 is 1. The molecule has 27 heavy (non-hydrogen) atoms. The molecule has 0 radical (unpaired) electrons. The predicted molar refractivity (Wildman–Crippen MR) is 107 cm³/mol. The molecule has 1 heterocycles. The normalized spacial score (nSPS) is 16.2. The summed E-state index contributed by atoms with van der Waals surface area (Å²) in [5.74, 6) is 0.574. The molecule has 0 fully saturated rings. The number of Topliss-reactive ketones (excluding diaryl/α,β-unsaturated/α-hetero) is 1. The van der Waals surface area contributed by atoms with E-state index in [2.05, 4.69) is 18.4 Å². The van der Waals surface area contributed by atoms with Gasteiger partial charge in [0.25, 0.3) is 0 Å². The molecule has 0 bridgehead atoms. The lowest BCUT2D eigenvalue weighted by atomic mass is 9.85. The number of hydrogen-bond donors (Lipinski definition) is 1. The highest BCUT2D eigenvalue weighted by atomic mass is 16.5. The van der Waals surface area contributed by atoms with Crippen molar-refractivity contribution >= 4 is 22.6 Å². The maximum atomic E-state index is 12.9. The summed E-state index contributed by atoms with van der Waals surface area (Å²) < 4.78 is 7.55. The molecule has 1 aromatic carbocycles. The second-order valence-corrected chi connectivity index (χ2v) is 7.57. The van der Waals surface area contributed by atoms with Crippen molar-refractivity contribution in [3.63, 3.8) is 0 Å². The first-order valence-electron chi connectivity index (χ1n) is 10.0. The average Bonchev–Trinajstić information content (AvgIpc) is 3.00. The second kappa shape index (κ2) is 7.75.